The Bertz CT molecular complexity index is 357. The number of H-pyrrole nitrogens is 1. The van der Waals surface area contributed by atoms with Gasteiger partial charge < -0.3 is 10.2 Å². The van der Waals surface area contributed by atoms with Gasteiger partial charge in [0, 0.05) is 24.5 Å². The predicted octanol–water partition coefficient (Wildman–Crippen LogP) is 1.29. The number of hydrogen-bond acceptors (Lipinski definition) is 4. The molecule has 0 bridgehead atoms. The third-order valence-corrected chi connectivity index (χ3v) is 3.37. The quantitative estimate of drug-likeness (QED) is 0.814. The van der Waals surface area contributed by atoms with Crippen LogP contribution in [0.25, 0.3) is 0 Å². The van der Waals surface area contributed by atoms with Crippen LogP contribution in [0.3, 0.4) is 0 Å². The molecule has 1 fully saturated rings. The van der Waals surface area contributed by atoms with Crippen molar-refractivity contribution in [2.45, 2.75) is 45.1 Å². The van der Waals surface area contributed by atoms with E-state index in [9.17, 15) is 0 Å². The van der Waals surface area contributed by atoms with Crippen molar-refractivity contribution in [3.05, 3.63) is 5.82 Å². The molecule has 5 heteroatoms. The van der Waals surface area contributed by atoms with Gasteiger partial charge in [0.1, 0.15) is 5.82 Å². The Morgan fingerprint density at radius 1 is 1.29 bits per heavy atom. The third kappa shape index (κ3) is 2.77. The molecule has 0 amide bonds. The van der Waals surface area contributed by atoms with E-state index in [1.54, 1.807) is 0 Å². The van der Waals surface area contributed by atoms with Crippen LogP contribution in [0.1, 0.15) is 39.4 Å². The molecule has 0 spiro atoms. The van der Waals surface area contributed by atoms with Gasteiger partial charge in [0.15, 0.2) is 0 Å². The van der Waals surface area contributed by atoms with Crippen molar-refractivity contribution in [3.8, 4) is 0 Å². The normalized spacial score (nSPS) is 18.7. The minimum atomic E-state index is 0.0363. The van der Waals surface area contributed by atoms with Crippen molar-refractivity contribution in [3.63, 3.8) is 0 Å². The second-order valence-corrected chi connectivity index (χ2v) is 5.78. The molecule has 1 saturated heterocycles. The maximum absolute atomic E-state index is 4.59. The molecular weight excluding hydrogens is 214 g/mol. The molecule has 2 rings (SSSR count). The lowest BCUT2D eigenvalue weighted by Gasteiger charge is -2.30. The first-order valence-corrected chi connectivity index (χ1v) is 6.36. The van der Waals surface area contributed by atoms with Crippen LogP contribution in [0, 0.1) is 0 Å². The van der Waals surface area contributed by atoms with Gasteiger partial charge in [0.2, 0.25) is 5.95 Å². The molecule has 0 atom stereocenters. The molecule has 1 aromatic rings. The van der Waals surface area contributed by atoms with E-state index in [2.05, 4.69) is 46.2 Å². The highest BCUT2D eigenvalue weighted by Crippen LogP contribution is 2.21. The standard InChI is InChI=1S/C12H23N5/c1-12(2,3)10-14-11(16-15-10)17-7-5-9(13-4)6-8-17/h9,13H,5-8H2,1-4H3,(H,14,15,16). The average molecular weight is 237 g/mol. The fourth-order valence-electron chi connectivity index (χ4n) is 2.10. The Morgan fingerprint density at radius 3 is 2.41 bits per heavy atom. The van der Waals surface area contributed by atoms with Crippen LogP contribution in [0.5, 0.6) is 0 Å². The summed E-state index contributed by atoms with van der Waals surface area (Å²) < 4.78 is 0. The summed E-state index contributed by atoms with van der Waals surface area (Å²) in [4.78, 5) is 6.86. The summed E-state index contributed by atoms with van der Waals surface area (Å²) in [5, 5.41) is 10.7. The number of hydrogen-bond donors (Lipinski definition) is 2. The highest BCUT2D eigenvalue weighted by Gasteiger charge is 2.23. The van der Waals surface area contributed by atoms with Crippen molar-refractivity contribution >= 4 is 5.95 Å². The first-order chi connectivity index (χ1) is 8.00. The number of rotatable bonds is 2. The molecule has 0 aliphatic carbocycles. The molecule has 2 N–H and O–H groups in total. The largest absolute Gasteiger partial charge is 0.339 e. The summed E-state index contributed by atoms with van der Waals surface area (Å²) in [5.41, 5.74) is 0.0363. The summed E-state index contributed by atoms with van der Waals surface area (Å²) in [6.45, 7) is 8.50. The molecule has 0 saturated carbocycles. The van der Waals surface area contributed by atoms with E-state index in [1.807, 2.05) is 7.05 Å². The number of piperidine rings is 1. The Balaban J connectivity index is 2.02. The van der Waals surface area contributed by atoms with Gasteiger partial charge in [0.25, 0.3) is 0 Å². The zero-order chi connectivity index (χ0) is 12.5. The minimum Gasteiger partial charge on any atom is -0.339 e. The summed E-state index contributed by atoms with van der Waals surface area (Å²) in [6.07, 6.45) is 2.33. The highest BCUT2D eigenvalue weighted by atomic mass is 15.4. The van der Waals surface area contributed by atoms with Crippen LogP contribution in [0.2, 0.25) is 0 Å². The van der Waals surface area contributed by atoms with Crippen LogP contribution in [0.15, 0.2) is 0 Å². The predicted molar refractivity (Wildman–Crippen MR) is 69.4 cm³/mol. The molecule has 0 aromatic carbocycles. The Hall–Kier alpha value is -1.10. The van der Waals surface area contributed by atoms with Crippen LogP contribution in [-0.4, -0.2) is 41.4 Å². The van der Waals surface area contributed by atoms with Gasteiger partial charge in [-0.15, -0.1) is 5.10 Å². The fourth-order valence-corrected chi connectivity index (χ4v) is 2.10. The lowest BCUT2D eigenvalue weighted by molar-refractivity contribution is 0.439. The van der Waals surface area contributed by atoms with Gasteiger partial charge >= 0.3 is 0 Å². The Labute approximate surface area is 103 Å². The topological polar surface area (TPSA) is 56.8 Å². The zero-order valence-electron chi connectivity index (χ0n) is 11.2. The van der Waals surface area contributed by atoms with Crippen molar-refractivity contribution in [2.75, 3.05) is 25.0 Å². The maximum Gasteiger partial charge on any atom is 0.244 e. The van der Waals surface area contributed by atoms with E-state index < -0.39 is 0 Å². The Morgan fingerprint density at radius 2 is 1.94 bits per heavy atom. The lowest BCUT2D eigenvalue weighted by atomic mass is 9.96. The Kier molecular flexibility index (Phi) is 3.38. The third-order valence-electron chi connectivity index (χ3n) is 3.37. The van der Waals surface area contributed by atoms with Crippen LogP contribution in [0.4, 0.5) is 5.95 Å². The van der Waals surface area contributed by atoms with E-state index in [0.29, 0.717) is 6.04 Å². The second-order valence-electron chi connectivity index (χ2n) is 5.78. The van der Waals surface area contributed by atoms with Gasteiger partial charge in [-0.25, -0.2) is 0 Å². The summed E-state index contributed by atoms with van der Waals surface area (Å²) >= 11 is 0. The van der Waals surface area contributed by atoms with Crippen LogP contribution in [-0.2, 0) is 5.41 Å². The lowest BCUT2D eigenvalue weighted by Crippen LogP contribution is -2.41. The highest BCUT2D eigenvalue weighted by molar-refractivity contribution is 5.30. The molecule has 0 unspecified atom stereocenters. The number of aromatic nitrogens is 3. The first-order valence-electron chi connectivity index (χ1n) is 6.36. The van der Waals surface area contributed by atoms with Gasteiger partial charge in [-0.05, 0) is 19.9 Å². The van der Waals surface area contributed by atoms with Gasteiger partial charge in [-0.3, -0.25) is 5.10 Å². The van der Waals surface area contributed by atoms with Crippen molar-refractivity contribution in [2.24, 2.45) is 0 Å². The summed E-state index contributed by atoms with van der Waals surface area (Å²) in [5.74, 6) is 1.81. The van der Waals surface area contributed by atoms with Crippen molar-refractivity contribution < 1.29 is 0 Å². The van der Waals surface area contributed by atoms with Gasteiger partial charge in [0.05, 0.1) is 0 Å². The van der Waals surface area contributed by atoms with Gasteiger partial charge in [-0.1, -0.05) is 20.8 Å². The molecular formula is C12H23N5. The molecule has 5 nitrogen and oxygen atoms in total. The molecule has 96 valence electrons. The number of nitrogens with one attached hydrogen (secondary N) is 2. The SMILES string of the molecule is CNC1CCN(c2n[nH]c(C(C)(C)C)n2)CC1. The van der Waals surface area contributed by atoms with Crippen LogP contribution >= 0.6 is 0 Å². The molecule has 1 aliphatic heterocycles. The van der Waals surface area contributed by atoms with E-state index in [0.717, 1.165) is 37.7 Å². The first kappa shape index (κ1) is 12.4. The molecule has 1 aromatic heterocycles. The van der Waals surface area contributed by atoms with Crippen LogP contribution < -0.4 is 10.2 Å². The summed E-state index contributed by atoms with van der Waals surface area (Å²) in [7, 11) is 2.03. The molecule has 2 heterocycles. The monoisotopic (exact) mass is 237 g/mol. The van der Waals surface area contributed by atoms with Crippen molar-refractivity contribution in [1.82, 2.24) is 20.5 Å². The second kappa shape index (κ2) is 4.64. The fraction of sp³-hybridized carbons (Fsp3) is 0.833. The van der Waals surface area contributed by atoms with E-state index in [4.69, 9.17) is 0 Å². The number of anilines is 1. The van der Waals surface area contributed by atoms with E-state index in [1.165, 1.54) is 0 Å². The average Bonchev–Trinajstić information content (AvgIpc) is 2.78. The number of nitrogens with zero attached hydrogens (tertiary/aromatic N) is 3. The van der Waals surface area contributed by atoms with E-state index in [-0.39, 0.29) is 5.41 Å². The molecule has 17 heavy (non-hydrogen) atoms. The van der Waals surface area contributed by atoms with Gasteiger partial charge in [-0.2, -0.15) is 4.98 Å². The smallest absolute Gasteiger partial charge is 0.244 e. The zero-order valence-corrected chi connectivity index (χ0v) is 11.2. The van der Waals surface area contributed by atoms with E-state index >= 15 is 0 Å². The minimum absolute atomic E-state index is 0.0363. The maximum atomic E-state index is 4.59. The molecule has 1 aliphatic rings. The summed E-state index contributed by atoms with van der Waals surface area (Å²) in [6, 6.07) is 0.646. The molecule has 0 radical (unpaired) electrons. The number of aromatic amines is 1. The van der Waals surface area contributed by atoms with Crippen molar-refractivity contribution in [1.29, 1.82) is 0 Å².